The van der Waals surface area contributed by atoms with Gasteiger partial charge in [0.2, 0.25) is 0 Å². The standard InChI is InChI=1S/C6H10BrNO/c1-8-3-2-6(9)5(7)4-8/h5H,2-4H2,1H3/p+1. The van der Waals surface area contributed by atoms with Gasteiger partial charge >= 0.3 is 0 Å². The number of alkyl halides is 1. The molecule has 1 rings (SSSR count). The van der Waals surface area contributed by atoms with E-state index in [2.05, 4.69) is 23.0 Å². The van der Waals surface area contributed by atoms with Gasteiger partial charge in [0.15, 0.2) is 5.78 Å². The highest BCUT2D eigenvalue weighted by Gasteiger charge is 2.24. The zero-order valence-corrected chi connectivity index (χ0v) is 7.07. The third-order valence-corrected chi connectivity index (χ3v) is 2.51. The fourth-order valence-electron chi connectivity index (χ4n) is 1.02. The second-order valence-electron chi connectivity index (χ2n) is 2.60. The second-order valence-corrected chi connectivity index (χ2v) is 3.70. The van der Waals surface area contributed by atoms with Crippen LogP contribution >= 0.6 is 15.9 Å². The van der Waals surface area contributed by atoms with Crippen molar-refractivity contribution in [3.63, 3.8) is 0 Å². The summed E-state index contributed by atoms with van der Waals surface area (Å²) in [5.41, 5.74) is 0. The topological polar surface area (TPSA) is 21.5 Å². The molecule has 1 fully saturated rings. The molecular weight excluding hydrogens is 182 g/mol. The molecule has 1 saturated heterocycles. The molecule has 1 N–H and O–H groups in total. The predicted octanol–water partition coefficient (Wildman–Crippen LogP) is -0.763. The van der Waals surface area contributed by atoms with Gasteiger partial charge in [-0.05, 0) is 0 Å². The molecule has 3 heteroatoms. The maximum atomic E-state index is 10.9. The number of halogens is 1. The van der Waals surface area contributed by atoms with Gasteiger partial charge in [-0.15, -0.1) is 0 Å². The Morgan fingerprint density at radius 1 is 1.78 bits per heavy atom. The molecule has 1 aliphatic heterocycles. The molecule has 2 atom stereocenters. The normalized spacial score (nSPS) is 36.9. The zero-order chi connectivity index (χ0) is 6.85. The molecule has 2 nitrogen and oxygen atoms in total. The van der Waals surface area contributed by atoms with E-state index in [4.69, 9.17) is 0 Å². The van der Waals surface area contributed by atoms with Gasteiger partial charge in [0, 0.05) is 0 Å². The van der Waals surface area contributed by atoms with Crippen LogP contribution in [0.15, 0.2) is 0 Å². The summed E-state index contributed by atoms with van der Waals surface area (Å²) in [6, 6.07) is 0. The summed E-state index contributed by atoms with van der Waals surface area (Å²) in [4.78, 5) is 12.4. The average molecular weight is 193 g/mol. The van der Waals surface area contributed by atoms with E-state index < -0.39 is 0 Å². The van der Waals surface area contributed by atoms with Crippen molar-refractivity contribution in [2.75, 3.05) is 20.1 Å². The van der Waals surface area contributed by atoms with Crippen LogP contribution < -0.4 is 4.90 Å². The molecular formula is C6H11BrNO+. The van der Waals surface area contributed by atoms with Crippen LogP contribution in [0.25, 0.3) is 0 Å². The summed E-state index contributed by atoms with van der Waals surface area (Å²) in [5, 5.41) is 0. The Bertz CT molecular complexity index is 126. The Hall–Kier alpha value is 0.110. The third kappa shape index (κ3) is 1.76. The van der Waals surface area contributed by atoms with E-state index in [1.54, 1.807) is 0 Å². The van der Waals surface area contributed by atoms with Crippen molar-refractivity contribution in [2.24, 2.45) is 0 Å². The summed E-state index contributed by atoms with van der Waals surface area (Å²) in [6.07, 6.45) is 0.738. The molecule has 0 aromatic carbocycles. The zero-order valence-electron chi connectivity index (χ0n) is 5.48. The van der Waals surface area contributed by atoms with E-state index in [0.717, 1.165) is 19.5 Å². The molecule has 1 aliphatic rings. The number of nitrogens with one attached hydrogen (secondary N) is 1. The van der Waals surface area contributed by atoms with Gasteiger partial charge in [0.05, 0.1) is 26.6 Å². The number of carbonyl (C=O) groups is 1. The SMILES string of the molecule is C[NH+]1CCC(=O)C(Br)C1. The number of likely N-dealkylation sites (tertiary alicyclic amines) is 1. The minimum atomic E-state index is 0.117. The summed E-state index contributed by atoms with van der Waals surface area (Å²) < 4.78 is 0. The van der Waals surface area contributed by atoms with E-state index in [0.29, 0.717) is 5.78 Å². The average Bonchev–Trinajstić information content (AvgIpc) is 1.80. The highest BCUT2D eigenvalue weighted by Crippen LogP contribution is 2.02. The van der Waals surface area contributed by atoms with Crippen LogP contribution in [0, 0.1) is 0 Å². The number of quaternary nitrogens is 1. The molecule has 1 heterocycles. The van der Waals surface area contributed by atoms with Gasteiger partial charge in [-0.1, -0.05) is 15.9 Å². The largest absolute Gasteiger partial charge is 0.336 e. The Morgan fingerprint density at radius 2 is 2.44 bits per heavy atom. The molecule has 52 valence electrons. The van der Waals surface area contributed by atoms with Crippen molar-refractivity contribution < 1.29 is 9.69 Å². The monoisotopic (exact) mass is 192 g/mol. The first-order valence-corrected chi connectivity index (χ1v) is 4.10. The van der Waals surface area contributed by atoms with Crippen LogP contribution in [0.2, 0.25) is 0 Å². The second kappa shape index (κ2) is 2.80. The molecule has 0 spiro atoms. The van der Waals surface area contributed by atoms with Crippen LogP contribution in [0.4, 0.5) is 0 Å². The fourth-order valence-corrected chi connectivity index (χ4v) is 1.80. The van der Waals surface area contributed by atoms with Crippen molar-refractivity contribution in [3.05, 3.63) is 0 Å². The van der Waals surface area contributed by atoms with Crippen molar-refractivity contribution in [2.45, 2.75) is 11.2 Å². The van der Waals surface area contributed by atoms with Crippen LogP contribution in [0.5, 0.6) is 0 Å². The maximum Gasteiger partial charge on any atom is 0.157 e. The van der Waals surface area contributed by atoms with Gasteiger partial charge in [-0.3, -0.25) is 4.79 Å². The first-order valence-electron chi connectivity index (χ1n) is 3.18. The van der Waals surface area contributed by atoms with Crippen molar-refractivity contribution >= 4 is 21.7 Å². The summed E-state index contributed by atoms with van der Waals surface area (Å²) >= 11 is 3.32. The number of hydrogen-bond donors (Lipinski definition) is 1. The fraction of sp³-hybridized carbons (Fsp3) is 0.833. The van der Waals surface area contributed by atoms with Gasteiger partial charge in [-0.25, -0.2) is 0 Å². The minimum Gasteiger partial charge on any atom is -0.336 e. The summed E-state index contributed by atoms with van der Waals surface area (Å²) in [5.74, 6) is 0.362. The first kappa shape index (κ1) is 7.22. The van der Waals surface area contributed by atoms with Gasteiger partial charge < -0.3 is 4.90 Å². The molecule has 0 aliphatic carbocycles. The Kier molecular flexibility index (Phi) is 2.24. The van der Waals surface area contributed by atoms with Crippen LogP contribution in [0.3, 0.4) is 0 Å². The van der Waals surface area contributed by atoms with Crippen LogP contribution in [-0.2, 0) is 4.79 Å². The molecule has 0 aromatic rings. The number of carbonyl (C=O) groups excluding carboxylic acids is 1. The van der Waals surface area contributed by atoms with E-state index in [1.165, 1.54) is 4.90 Å². The lowest BCUT2D eigenvalue weighted by atomic mass is 10.1. The first-order chi connectivity index (χ1) is 4.20. The quantitative estimate of drug-likeness (QED) is 0.501. The van der Waals surface area contributed by atoms with E-state index in [9.17, 15) is 4.79 Å². The predicted molar refractivity (Wildman–Crippen MR) is 39.0 cm³/mol. The number of piperidine rings is 1. The molecule has 0 saturated carbocycles. The smallest absolute Gasteiger partial charge is 0.157 e. The van der Waals surface area contributed by atoms with Gasteiger partial charge in [0.25, 0.3) is 0 Å². The highest BCUT2D eigenvalue weighted by atomic mass is 79.9. The molecule has 0 bridgehead atoms. The molecule has 9 heavy (non-hydrogen) atoms. The lowest BCUT2D eigenvalue weighted by Crippen LogP contribution is -3.11. The van der Waals surface area contributed by atoms with E-state index in [1.807, 2.05) is 0 Å². The third-order valence-electron chi connectivity index (χ3n) is 1.68. The number of hydrogen-bond acceptors (Lipinski definition) is 1. The van der Waals surface area contributed by atoms with Crippen LogP contribution in [-0.4, -0.2) is 30.7 Å². The Labute approximate surface area is 63.3 Å². The summed E-state index contributed by atoms with van der Waals surface area (Å²) in [6.45, 7) is 1.94. The molecule has 2 unspecified atom stereocenters. The number of ketones is 1. The Morgan fingerprint density at radius 3 is 2.89 bits per heavy atom. The molecule has 0 amide bonds. The lowest BCUT2D eigenvalue weighted by molar-refractivity contribution is -0.879. The highest BCUT2D eigenvalue weighted by molar-refractivity contribution is 9.10. The summed E-state index contributed by atoms with van der Waals surface area (Å²) in [7, 11) is 2.11. The lowest BCUT2D eigenvalue weighted by Gasteiger charge is -2.21. The van der Waals surface area contributed by atoms with E-state index in [-0.39, 0.29) is 4.83 Å². The Balaban J connectivity index is 2.44. The number of rotatable bonds is 0. The van der Waals surface area contributed by atoms with Crippen LogP contribution in [0.1, 0.15) is 6.42 Å². The van der Waals surface area contributed by atoms with E-state index >= 15 is 0 Å². The van der Waals surface area contributed by atoms with Gasteiger partial charge in [-0.2, -0.15) is 0 Å². The maximum absolute atomic E-state index is 10.9. The molecule has 0 aromatic heterocycles. The van der Waals surface area contributed by atoms with Gasteiger partial charge in [0.1, 0.15) is 4.83 Å². The number of Topliss-reactive ketones (excluding diaryl/α,β-unsaturated/α-hetero) is 1. The molecule has 0 radical (unpaired) electrons. The van der Waals surface area contributed by atoms with Crippen molar-refractivity contribution in [3.8, 4) is 0 Å². The minimum absolute atomic E-state index is 0.117. The van der Waals surface area contributed by atoms with Crippen molar-refractivity contribution in [1.29, 1.82) is 0 Å². The van der Waals surface area contributed by atoms with Crippen molar-refractivity contribution in [1.82, 2.24) is 0 Å².